The van der Waals surface area contributed by atoms with Crippen molar-refractivity contribution in [3.05, 3.63) is 35.4 Å². The first-order valence-electron chi connectivity index (χ1n) is 3.66. The second-order valence-corrected chi connectivity index (χ2v) is 2.48. The van der Waals surface area contributed by atoms with E-state index < -0.39 is 5.92 Å². The molecule has 0 aliphatic heterocycles. The van der Waals surface area contributed by atoms with Crippen LogP contribution in [0.2, 0.25) is 0 Å². The molecule has 1 rings (SSSR count). The fourth-order valence-corrected chi connectivity index (χ4v) is 0.949. The van der Waals surface area contributed by atoms with Crippen LogP contribution in [-0.4, -0.2) is 6.29 Å². The molecule has 0 saturated carbocycles. The molecule has 0 radical (unpaired) electrons. The Balaban J connectivity index is 3.00. The Morgan fingerprint density at radius 1 is 1.23 bits per heavy atom. The Morgan fingerprint density at radius 3 is 2.23 bits per heavy atom. The Kier molecular flexibility index (Phi) is 2.78. The fourth-order valence-electron chi connectivity index (χ4n) is 0.949. The van der Waals surface area contributed by atoms with Gasteiger partial charge in [-0.25, -0.2) is 0 Å². The lowest BCUT2D eigenvalue weighted by Gasteiger charge is -1.99. The van der Waals surface area contributed by atoms with Crippen molar-refractivity contribution in [2.45, 2.75) is 5.92 Å². The van der Waals surface area contributed by atoms with Crippen LogP contribution < -0.4 is 0 Å². The van der Waals surface area contributed by atoms with E-state index in [9.17, 15) is 4.79 Å². The molecule has 13 heavy (non-hydrogen) atoms. The molecule has 62 valence electrons. The molecule has 0 fully saturated rings. The molecule has 1 unspecified atom stereocenters. The monoisotopic (exact) mass is 170 g/mol. The average molecular weight is 170 g/mol. The van der Waals surface area contributed by atoms with Gasteiger partial charge in [0.2, 0.25) is 0 Å². The van der Waals surface area contributed by atoms with Crippen LogP contribution in [0, 0.1) is 22.7 Å². The van der Waals surface area contributed by atoms with Crippen molar-refractivity contribution in [1.82, 2.24) is 0 Å². The van der Waals surface area contributed by atoms with Gasteiger partial charge in [0, 0.05) is 0 Å². The Hall–Kier alpha value is -2.13. The van der Waals surface area contributed by atoms with Crippen molar-refractivity contribution >= 4 is 6.29 Å². The normalized spacial score (nSPS) is 10.9. The summed E-state index contributed by atoms with van der Waals surface area (Å²) in [5, 5.41) is 17.1. The quantitative estimate of drug-likeness (QED) is 0.629. The zero-order chi connectivity index (χ0) is 9.68. The summed E-state index contributed by atoms with van der Waals surface area (Å²) in [6, 6.07) is 10.2. The Morgan fingerprint density at radius 2 is 1.85 bits per heavy atom. The van der Waals surface area contributed by atoms with Crippen molar-refractivity contribution in [2.75, 3.05) is 0 Å². The third-order valence-electron chi connectivity index (χ3n) is 1.67. The van der Waals surface area contributed by atoms with E-state index in [1.807, 2.05) is 12.1 Å². The lowest BCUT2D eigenvalue weighted by atomic mass is 10.0. The first kappa shape index (κ1) is 8.96. The number of benzene rings is 1. The second-order valence-electron chi connectivity index (χ2n) is 2.48. The van der Waals surface area contributed by atoms with Crippen LogP contribution in [0.1, 0.15) is 17.0 Å². The number of aldehydes is 1. The number of nitriles is 2. The van der Waals surface area contributed by atoms with Gasteiger partial charge in [0.05, 0.1) is 17.7 Å². The van der Waals surface area contributed by atoms with Gasteiger partial charge >= 0.3 is 0 Å². The highest BCUT2D eigenvalue weighted by molar-refractivity contribution is 5.66. The molecule has 1 aromatic carbocycles. The molecule has 3 heteroatoms. The molecule has 0 spiro atoms. The zero-order valence-electron chi connectivity index (χ0n) is 6.77. The highest BCUT2D eigenvalue weighted by Gasteiger charge is 2.07. The van der Waals surface area contributed by atoms with E-state index in [1.165, 1.54) is 0 Å². The van der Waals surface area contributed by atoms with E-state index in [4.69, 9.17) is 10.5 Å². The van der Waals surface area contributed by atoms with Crippen LogP contribution in [0.5, 0.6) is 0 Å². The summed E-state index contributed by atoms with van der Waals surface area (Å²) in [6.45, 7) is 0. The summed E-state index contributed by atoms with van der Waals surface area (Å²) in [4.78, 5) is 10.4. The second kappa shape index (κ2) is 4.04. The van der Waals surface area contributed by atoms with Crippen molar-refractivity contribution in [3.63, 3.8) is 0 Å². The summed E-state index contributed by atoms with van der Waals surface area (Å²) in [6.07, 6.45) is 0.585. The van der Waals surface area contributed by atoms with Crippen LogP contribution in [-0.2, 0) is 4.79 Å². The lowest BCUT2D eigenvalue weighted by Crippen LogP contribution is -1.95. The van der Waals surface area contributed by atoms with Gasteiger partial charge in [0.1, 0.15) is 12.2 Å². The molecule has 3 nitrogen and oxygen atoms in total. The van der Waals surface area contributed by atoms with E-state index in [0.29, 0.717) is 17.4 Å². The summed E-state index contributed by atoms with van der Waals surface area (Å²) >= 11 is 0. The summed E-state index contributed by atoms with van der Waals surface area (Å²) < 4.78 is 0. The average Bonchev–Trinajstić information content (AvgIpc) is 2.21. The minimum atomic E-state index is -0.729. The SMILES string of the molecule is N#Cc1ccc(C(C#N)C=O)cc1. The molecule has 0 aromatic heterocycles. The van der Waals surface area contributed by atoms with Crippen LogP contribution in [0.3, 0.4) is 0 Å². The third kappa shape index (κ3) is 1.91. The number of carbonyl (C=O) groups is 1. The van der Waals surface area contributed by atoms with Crippen molar-refractivity contribution < 1.29 is 4.79 Å². The Labute approximate surface area is 75.8 Å². The van der Waals surface area contributed by atoms with E-state index in [1.54, 1.807) is 24.3 Å². The van der Waals surface area contributed by atoms with E-state index >= 15 is 0 Å². The number of nitrogens with zero attached hydrogens (tertiary/aromatic N) is 2. The highest BCUT2D eigenvalue weighted by atomic mass is 16.1. The van der Waals surface area contributed by atoms with Gasteiger partial charge < -0.3 is 4.79 Å². The molecule has 1 aromatic rings. The maximum atomic E-state index is 10.4. The summed E-state index contributed by atoms with van der Waals surface area (Å²) in [5.74, 6) is -0.729. The first-order chi connectivity index (χ1) is 6.31. The topological polar surface area (TPSA) is 64.7 Å². The van der Waals surface area contributed by atoms with Crippen LogP contribution >= 0.6 is 0 Å². The molecule has 0 N–H and O–H groups in total. The van der Waals surface area contributed by atoms with Gasteiger partial charge in [-0.05, 0) is 17.7 Å². The zero-order valence-corrected chi connectivity index (χ0v) is 6.77. The largest absolute Gasteiger partial charge is 0.302 e. The number of hydrogen-bond donors (Lipinski definition) is 0. The van der Waals surface area contributed by atoms with E-state index in [-0.39, 0.29) is 0 Å². The maximum absolute atomic E-state index is 10.4. The number of carbonyl (C=O) groups excluding carboxylic acids is 1. The summed E-state index contributed by atoms with van der Waals surface area (Å²) in [7, 11) is 0. The van der Waals surface area contributed by atoms with Gasteiger partial charge in [-0.1, -0.05) is 12.1 Å². The van der Waals surface area contributed by atoms with Gasteiger partial charge in [0.15, 0.2) is 0 Å². The predicted molar refractivity (Wildman–Crippen MR) is 45.6 cm³/mol. The molecule has 0 saturated heterocycles. The minimum absolute atomic E-state index is 0.520. The van der Waals surface area contributed by atoms with Crippen LogP contribution in [0.15, 0.2) is 24.3 Å². The molecule has 0 aliphatic carbocycles. The smallest absolute Gasteiger partial charge is 0.141 e. The van der Waals surface area contributed by atoms with Crippen LogP contribution in [0.25, 0.3) is 0 Å². The van der Waals surface area contributed by atoms with Crippen molar-refractivity contribution in [3.8, 4) is 12.1 Å². The minimum Gasteiger partial charge on any atom is -0.302 e. The van der Waals surface area contributed by atoms with E-state index in [0.717, 1.165) is 0 Å². The number of rotatable bonds is 2. The molecule has 0 amide bonds. The van der Waals surface area contributed by atoms with Gasteiger partial charge in [0.25, 0.3) is 0 Å². The van der Waals surface area contributed by atoms with Gasteiger partial charge in [-0.15, -0.1) is 0 Å². The Bertz CT molecular complexity index is 381. The van der Waals surface area contributed by atoms with Crippen molar-refractivity contribution in [1.29, 1.82) is 10.5 Å². The maximum Gasteiger partial charge on any atom is 0.141 e. The first-order valence-corrected chi connectivity index (χ1v) is 3.66. The molecule has 0 aliphatic rings. The highest BCUT2D eigenvalue weighted by Crippen LogP contribution is 2.12. The van der Waals surface area contributed by atoms with Crippen LogP contribution in [0.4, 0.5) is 0 Å². The molecule has 0 bridgehead atoms. The lowest BCUT2D eigenvalue weighted by molar-refractivity contribution is -0.108. The van der Waals surface area contributed by atoms with Gasteiger partial charge in [-0.3, -0.25) is 0 Å². The number of hydrogen-bond acceptors (Lipinski definition) is 3. The predicted octanol–water partition coefficient (Wildman–Crippen LogP) is 1.36. The molecular formula is C10H6N2O. The van der Waals surface area contributed by atoms with E-state index in [2.05, 4.69) is 0 Å². The fraction of sp³-hybridized carbons (Fsp3) is 0.100. The molecule has 0 heterocycles. The third-order valence-corrected chi connectivity index (χ3v) is 1.67. The molecule has 1 atom stereocenters. The van der Waals surface area contributed by atoms with Crippen molar-refractivity contribution in [2.24, 2.45) is 0 Å². The molecular weight excluding hydrogens is 164 g/mol. The standard InChI is InChI=1S/C10H6N2O/c11-5-8-1-3-9(4-2-8)10(6-12)7-13/h1-4,7,10H. The van der Waals surface area contributed by atoms with Gasteiger partial charge in [-0.2, -0.15) is 10.5 Å². The summed E-state index contributed by atoms with van der Waals surface area (Å²) in [5.41, 5.74) is 1.14.